The average Bonchev–Trinajstić information content (AvgIpc) is 3.73. The smallest absolute Gasteiger partial charge is 0.254 e. The first kappa shape index (κ1) is 29.1. The lowest BCUT2D eigenvalue weighted by atomic mass is 10.1. The summed E-state index contributed by atoms with van der Waals surface area (Å²) in [6.07, 6.45) is 11.6. The number of piperazine rings is 1. The Morgan fingerprint density at radius 3 is 2.64 bits per heavy atom. The van der Waals surface area contributed by atoms with Gasteiger partial charge in [0.15, 0.2) is 23.0 Å². The van der Waals surface area contributed by atoms with Crippen LogP contribution in [0.25, 0.3) is 16.9 Å². The van der Waals surface area contributed by atoms with Crippen molar-refractivity contribution in [1.82, 2.24) is 29.5 Å². The van der Waals surface area contributed by atoms with Crippen molar-refractivity contribution in [1.29, 1.82) is 0 Å². The number of ether oxygens (including phenoxy) is 1. The van der Waals surface area contributed by atoms with Crippen LogP contribution in [0.1, 0.15) is 28.8 Å². The van der Waals surface area contributed by atoms with E-state index in [1.165, 1.54) is 24.5 Å². The van der Waals surface area contributed by atoms with E-state index in [0.29, 0.717) is 54.6 Å². The number of hydrogen-bond donors (Lipinski definition) is 2. The molecule has 2 saturated heterocycles. The van der Waals surface area contributed by atoms with Crippen molar-refractivity contribution in [2.45, 2.75) is 25.8 Å². The van der Waals surface area contributed by atoms with Gasteiger partial charge < -0.3 is 25.2 Å². The van der Waals surface area contributed by atoms with Crippen molar-refractivity contribution in [3.05, 3.63) is 71.7 Å². The summed E-state index contributed by atoms with van der Waals surface area (Å²) in [6, 6.07) is 8.01. The first-order valence-electron chi connectivity index (χ1n) is 14.4. The number of hydrogen-bond acceptors (Lipinski definition) is 7. The van der Waals surface area contributed by atoms with Gasteiger partial charge in [-0.1, -0.05) is 5.92 Å². The molecule has 12 heteroatoms. The molecule has 2 fully saturated rings. The Balaban J connectivity index is 1.16. The number of carbonyl (C=O) groups is 2. The van der Waals surface area contributed by atoms with E-state index in [1.807, 2.05) is 17.9 Å². The number of nitrogens with zero attached hydrogens (tertiary/aromatic N) is 5. The second-order valence-corrected chi connectivity index (χ2v) is 10.8. The third-order valence-corrected chi connectivity index (χ3v) is 8.02. The Labute approximate surface area is 253 Å². The number of halogens is 2. The van der Waals surface area contributed by atoms with E-state index in [4.69, 9.17) is 11.2 Å². The van der Waals surface area contributed by atoms with Gasteiger partial charge in [-0.15, -0.1) is 6.42 Å². The second-order valence-electron chi connectivity index (χ2n) is 10.8. The van der Waals surface area contributed by atoms with Crippen LogP contribution >= 0.6 is 0 Å². The largest absolute Gasteiger partial charge is 0.478 e. The van der Waals surface area contributed by atoms with Gasteiger partial charge in [0.1, 0.15) is 6.61 Å². The van der Waals surface area contributed by atoms with E-state index in [-0.39, 0.29) is 35.8 Å². The van der Waals surface area contributed by atoms with Crippen molar-refractivity contribution >= 4 is 29.0 Å². The summed E-state index contributed by atoms with van der Waals surface area (Å²) in [4.78, 5) is 38.5. The molecular weight excluding hydrogens is 568 g/mol. The molecule has 44 heavy (non-hydrogen) atoms. The number of fused-ring (bicyclic) bond motifs is 1. The molecule has 0 aliphatic carbocycles. The van der Waals surface area contributed by atoms with E-state index in [9.17, 15) is 18.4 Å². The van der Waals surface area contributed by atoms with Crippen molar-refractivity contribution < 1.29 is 23.1 Å². The Kier molecular flexibility index (Phi) is 8.13. The summed E-state index contributed by atoms with van der Waals surface area (Å²) in [7, 11) is 0. The predicted octanol–water partition coefficient (Wildman–Crippen LogP) is 3.77. The minimum Gasteiger partial charge on any atom is -0.478 e. The molecule has 0 spiro atoms. The summed E-state index contributed by atoms with van der Waals surface area (Å²) in [5.74, 6) is 0.169. The van der Waals surface area contributed by atoms with Crippen LogP contribution in [0.4, 0.5) is 20.3 Å². The number of aromatic nitrogens is 3. The van der Waals surface area contributed by atoms with Gasteiger partial charge in [0.2, 0.25) is 11.7 Å². The fourth-order valence-electron chi connectivity index (χ4n) is 5.70. The Morgan fingerprint density at radius 2 is 1.91 bits per heavy atom. The first-order chi connectivity index (χ1) is 21.4. The number of nitrogens with one attached hydrogen (secondary N) is 2. The third-order valence-electron chi connectivity index (χ3n) is 8.02. The molecule has 0 bridgehead atoms. The van der Waals surface area contributed by atoms with Crippen LogP contribution in [0, 0.1) is 30.9 Å². The molecule has 4 aromatic rings. The highest BCUT2D eigenvalue weighted by atomic mass is 19.2. The molecule has 2 N–H and O–H groups in total. The van der Waals surface area contributed by atoms with E-state index >= 15 is 0 Å². The number of amides is 2. The zero-order valence-corrected chi connectivity index (χ0v) is 24.1. The van der Waals surface area contributed by atoms with Crippen LogP contribution in [0.15, 0.2) is 48.9 Å². The average molecular weight is 600 g/mol. The molecule has 10 nitrogen and oxygen atoms in total. The molecule has 2 aliphatic heterocycles. The van der Waals surface area contributed by atoms with E-state index in [2.05, 4.69) is 26.5 Å². The molecule has 0 radical (unpaired) electrons. The highest BCUT2D eigenvalue weighted by molar-refractivity contribution is 5.96. The third kappa shape index (κ3) is 5.54. The SMILES string of the molecule is C#CCOc1ccc(-c2cnc3c(Nc4ccc(C(=O)N5CCN(C(=O)C6CCCN6)CC5)c(C)c4)nccn23)c(F)c1F. The van der Waals surface area contributed by atoms with E-state index in [1.54, 1.807) is 27.6 Å². The fraction of sp³-hybridized carbons (Fsp3) is 0.312. The lowest BCUT2D eigenvalue weighted by molar-refractivity contribution is -0.134. The van der Waals surface area contributed by atoms with Crippen LogP contribution in [0.2, 0.25) is 0 Å². The molecule has 2 aromatic carbocycles. The second kappa shape index (κ2) is 12.3. The molecule has 6 rings (SSSR count). The number of aryl methyl sites for hydroxylation is 1. The van der Waals surface area contributed by atoms with Gasteiger partial charge in [-0.25, -0.2) is 14.4 Å². The highest BCUT2D eigenvalue weighted by Gasteiger charge is 2.31. The van der Waals surface area contributed by atoms with Gasteiger partial charge in [-0.2, -0.15) is 4.39 Å². The van der Waals surface area contributed by atoms with Gasteiger partial charge in [-0.05, 0) is 62.2 Å². The van der Waals surface area contributed by atoms with Crippen molar-refractivity contribution in [3.8, 4) is 29.4 Å². The van der Waals surface area contributed by atoms with Gasteiger partial charge in [0.25, 0.3) is 5.91 Å². The lowest BCUT2D eigenvalue weighted by Gasteiger charge is -2.36. The minimum absolute atomic E-state index is 0.000630. The molecule has 2 aromatic heterocycles. The number of anilines is 2. The topological polar surface area (TPSA) is 104 Å². The summed E-state index contributed by atoms with van der Waals surface area (Å²) >= 11 is 0. The maximum atomic E-state index is 15.0. The molecule has 0 saturated carbocycles. The van der Waals surface area contributed by atoms with E-state index in [0.717, 1.165) is 24.9 Å². The molecule has 1 atom stereocenters. The standard InChI is InChI=1S/C32H31F2N7O3/c1-3-17-44-26-9-8-23(27(33)28(26)34)25-19-37-30-29(36-11-12-41(25)30)38-21-6-7-22(20(2)18-21)31(42)39-13-15-40(16-14-39)32(43)24-5-4-10-35-24/h1,6-9,11-12,18-19,24,35H,4-5,10,13-17H2,2H3,(H,36,38). The van der Waals surface area contributed by atoms with Crippen LogP contribution in [-0.4, -0.2) is 81.4 Å². The minimum atomic E-state index is -1.14. The summed E-state index contributed by atoms with van der Waals surface area (Å²) in [5.41, 5.74) is 2.75. The van der Waals surface area contributed by atoms with Gasteiger partial charge >= 0.3 is 0 Å². The van der Waals surface area contributed by atoms with Crippen molar-refractivity contribution in [2.75, 3.05) is 44.6 Å². The lowest BCUT2D eigenvalue weighted by Crippen LogP contribution is -2.54. The van der Waals surface area contributed by atoms with Gasteiger partial charge in [0, 0.05) is 55.4 Å². The van der Waals surface area contributed by atoms with Gasteiger partial charge in [-0.3, -0.25) is 14.0 Å². The number of imidazole rings is 1. The molecule has 226 valence electrons. The number of carbonyl (C=O) groups excluding carboxylic acids is 2. The van der Waals surface area contributed by atoms with Crippen LogP contribution < -0.4 is 15.4 Å². The zero-order chi connectivity index (χ0) is 30.8. The summed E-state index contributed by atoms with van der Waals surface area (Å²) in [6.45, 7) is 4.55. The quantitative estimate of drug-likeness (QED) is 0.312. The van der Waals surface area contributed by atoms with E-state index < -0.39 is 11.6 Å². The Hall–Kier alpha value is -5.02. The Morgan fingerprint density at radius 1 is 1.11 bits per heavy atom. The number of terminal acetylenes is 1. The predicted molar refractivity (Wildman–Crippen MR) is 161 cm³/mol. The van der Waals surface area contributed by atoms with Crippen LogP contribution in [0.3, 0.4) is 0 Å². The molecular formula is C32H31F2N7O3. The van der Waals surface area contributed by atoms with Crippen molar-refractivity contribution in [2.24, 2.45) is 0 Å². The summed E-state index contributed by atoms with van der Waals surface area (Å²) in [5, 5.41) is 6.47. The first-order valence-corrected chi connectivity index (χ1v) is 14.4. The van der Waals surface area contributed by atoms with Gasteiger partial charge in [0.05, 0.1) is 17.9 Å². The normalized spacial score (nSPS) is 16.6. The van der Waals surface area contributed by atoms with Crippen LogP contribution in [0.5, 0.6) is 5.75 Å². The fourth-order valence-corrected chi connectivity index (χ4v) is 5.70. The Bertz CT molecular complexity index is 1770. The van der Waals surface area contributed by atoms with Crippen molar-refractivity contribution in [3.63, 3.8) is 0 Å². The highest BCUT2D eigenvalue weighted by Crippen LogP contribution is 2.32. The molecule has 2 amide bonds. The zero-order valence-electron chi connectivity index (χ0n) is 24.1. The maximum Gasteiger partial charge on any atom is 0.254 e. The number of rotatable bonds is 7. The monoisotopic (exact) mass is 599 g/mol. The summed E-state index contributed by atoms with van der Waals surface area (Å²) < 4.78 is 36.3. The maximum absolute atomic E-state index is 15.0. The molecule has 2 aliphatic rings. The van der Waals surface area contributed by atoms with Crippen LogP contribution in [-0.2, 0) is 4.79 Å². The molecule has 1 unspecified atom stereocenters. The molecule has 4 heterocycles. The number of benzene rings is 2.